The molecule has 0 saturated heterocycles. The van der Waals surface area contributed by atoms with Gasteiger partial charge in [0.05, 0.1) is 11.3 Å². The van der Waals surface area contributed by atoms with E-state index in [1.807, 2.05) is 13.0 Å². The lowest BCUT2D eigenvalue weighted by Crippen LogP contribution is -1.90. The zero-order valence-electron chi connectivity index (χ0n) is 8.47. The average molecular weight is 201 g/mol. The van der Waals surface area contributed by atoms with Gasteiger partial charge >= 0.3 is 0 Å². The average Bonchev–Trinajstić information content (AvgIpc) is 3.04. The molecule has 3 rings (SSSR count). The third kappa shape index (κ3) is 1.42. The fraction of sp³-hybridized carbons (Fsp3) is 0.364. The van der Waals surface area contributed by atoms with Crippen LogP contribution >= 0.6 is 0 Å². The van der Waals surface area contributed by atoms with E-state index < -0.39 is 0 Å². The van der Waals surface area contributed by atoms with E-state index in [2.05, 4.69) is 15.1 Å². The topological polar surface area (TPSA) is 51.8 Å². The van der Waals surface area contributed by atoms with Gasteiger partial charge in [-0.2, -0.15) is 0 Å². The molecule has 1 aliphatic rings. The maximum atomic E-state index is 5.34. The van der Waals surface area contributed by atoms with E-state index in [-0.39, 0.29) is 0 Å². The summed E-state index contributed by atoms with van der Waals surface area (Å²) in [6.07, 6.45) is 5.86. The Morgan fingerprint density at radius 1 is 1.27 bits per heavy atom. The Hall–Kier alpha value is -1.71. The van der Waals surface area contributed by atoms with Gasteiger partial charge in [-0.25, -0.2) is 9.97 Å². The molecule has 4 nitrogen and oxygen atoms in total. The first-order chi connectivity index (χ1) is 7.36. The molecule has 2 heterocycles. The van der Waals surface area contributed by atoms with Crippen LogP contribution in [-0.2, 0) is 0 Å². The second-order valence-electron chi connectivity index (χ2n) is 3.85. The lowest BCUT2D eigenvalue weighted by Gasteiger charge is -1.98. The number of aromatic nitrogens is 3. The minimum absolute atomic E-state index is 0.532. The summed E-state index contributed by atoms with van der Waals surface area (Å²) in [5, 5.41) is 4.00. The van der Waals surface area contributed by atoms with Crippen molar-refractivity contribution in [2.24, 2.45) is 0 Å². The van der Waals surface area contributed by atoms with Crippen LogP contribution in [0.5, 0.6) is 0 Å². The van der Waals surface area contributed by atoms with Crippen molar-refractivity contribution >= 4 is 0 Å². The largest absolute Gasteiger partial charge is 0.360 e. The van der Waals surface area contributed by atoms with Gasteiger partial charge in [0.2, 0.25) is 0 Å². The minimum atomic E-state index is 0.532. The molecule has 76 valence electrons. The highest BCUT2D eigenvalue weighted by Crippen LogP contribution is 2.44. The zero-order chi connectivity index (χ0) is 10.3. The molecule has 0 radical (unpaired) electrons. The maximum Gasteiger partial charge on any atom is 0.164 e. The third-order valence-electron chi connectivity index (χ3n) is 2.63. The van der Waals surface area contributed by atoms with Crippen LogP contribution in [0.15, 0.2) is 23.0 Å². The molecule has 0 unspecified atom stereocenters. The van der Waals surface area contributed by atoms with Gasteiger partial charge in [-0.3, -0.25) is 0 Å². The molecule has 2 aromatic rings. The SMILES string of the molecule is Cc1noc(C2CC2)c1-c1ncccn1. The van der Waals surface area contributed by atoms with Crippen molar-refractivity contribution in [3.63, 3.8) is 0 Å². The molecular weight excluding hydrogens is 190 g/mol. The lowest BCUT2D eigenvalue weighted by atomic mass is 10.1. The summed E-state index contributed by atoms with van der Waals surface area (Å²) >= 11 is 0. The second kappa shape index (κ2) is 3.15. The second-order valence-corrected chi connectivity index (χ2v) is 3.85. The first-order valence-electron chi connectivity index (χ1n) is 5.10. The van der Waals surface area contributed by atoms with Crippen LogP contribution in [0.4, 0.5) is 0 Å². The highest BCUT2D eigenvalue weighted by molar-refractivity contribution is 5.61. The summed E-state index contributed by atoms with van der Waals surface area (Å²) in [6, 6.07) is 1.81. The molecule has 1 fully saturated rings. The highest BCUT2D eigenvalue weighted by Gasteiger charge is 2.32. The van der Waals surface area contributed by atoms with E-state index in [0.29, 0.717) is 5.92 Å². The summed E-state index contributed by atoms with van der Waals surface area (Å²) in [7, 11) is 0. The fourth-order valence-electron chi connectivity index (χ4n) is 1.71. The Kier molecular flexibility index (Phi) is 1.80. The molecule has 15 heavy (non-hydrogen) atoms. The molecule has 0 atom stereocenters. The fourth-order valence-corrected chi connectivity index (χ4v) is 1.71. The van der Waals surface area contributed by atoms with Crippen molar-refractivity contribution in [3.05, 3.63) is 29.9 Å². The van der Waals surface area contributed by atoms with Crippen molar-refractivity contribution < 1.29 is 4.52 Å². The Morgan fingerprint density at radius 3 is 2.67 bits per heavy atom. The number of aryl methyl sites for hydroxylation is 1. The normalized spacial score (nSPS) is 15.5. The molecule has 4 heteroatoms. The molecule has 0 amide bonds. The van der Waals surface area contributed by atoms with Gasteiger partial charge in [-0.1, -0.05) is 5.16 Å². The standard InChI is InChI=1S/C11H11N3O/c1-7-9(11-12-5-2-6-13-11)10(15-14-7)8-3-4-8/h2,5-6,8H,3-4H2,1H3. The molecule has 1 aliphatic carbocycles. The number of hydrogen-bond donors (Lipinski definition) is 0. The Morgan fingerprint density at radius 2 is 2.00 bits per heavy atom. The highest BCUT2D eigenvalue weighted by atomic mass is 16.5. The van der Waals surface area contributed by atoms with Gasteiger partial charge in [0.1, 0.15) is 0 Å². The zero-order valence-corrected chi connectivity index (χ0v) is 8.47. The number of nitrogens with zero attached hydrogens (tertiary/aromatic N) is 3. The summed E-state index contributed by atoms with van der Waals surface area (Å²) in [6.45, 7) is 1.93. The van der Waals surface area contributed by atoms with Gasteiger partial charge in [0, 0.05) is 18.3 Å². The quantitative estimate of drug-likeness (QED) is 0.748. The van der Waals surface area contributed by atoms with Crippen LogP contribution in [-0.4, -0.2) is 15.1 Å². The predicted molar refractivity (Wildman–Crippen MR) is 54.2 cm³/mol. The first kappa shape index (κ1) is 8.59. The van der Waals surface area contributed by atoms with E-state index in [4.69, 9.17) is 4.52 Å². The first-order valence-corrected chi connectivity index (χ1v) is 5.10. The third-order valence-corrected chi connectivity index (χ3v) is 2.63. The van der Waals surface area contributed by atoms with E-state index >= 15 is 0 Å². The van der Waals surface area contributed by atoms with E-state index in [1.54, 1.807) is 12.4 Å². The maximum absolute atomic E-state index is 5.34. The van der Waals surface area contributed by atoms with Gasteiger partial charge in [0.15, 0.2) is 11.6 Å². The van der Waals surface area contributed by atoms with E-state index in [9.17, 15) is 0 Å². The smallest absolute Gasteiger partial charge is 0.164 e. The predicted octanol–water partition coefficient (Wildman–Crippen LogP) is 2.32. The van der Waals surface area contributed by atoms with Crippen LogP contribution in [0.3, 0.4) is 0 Å². The summed E-state index contributed by atoms with van der Waals surface area (Å²) in [5.74, 6) is 2.21. The van der Waals surface area contributed by atoms with Crippen LogP contribution < -0.4 is 0 Å². The van der Waals surface area contributed by atoms with Crippen molar-refractivity contribution in [1.29, 1.82) is 0 Å². The molecule has 2 aromatic heterocycles. The monoisotopic (exact) mass is 201 g/mol. The summed E-state index contributed by atoms with van der Waals surface area (Å²) in [4.78, 5) is 8.48. The number of hydrogen-bond acceptors (Lipinski definition) is 4. The molecule has 0 aliphatic heterocycles. The summed E-state index contributed by atoms with van der Waals surface area (Å²) < 4.78 is 5.34. The van der Waals surface area contributed by atoms with Crippen molar-refractivity contribution in [1.82, 2.24) is 15.1 Å². The Bertz CT molecular complexity index is 474. The molecule has 0 bridgehead atoms. The van der Waals surface area contributed by atoms with Crippen molar-refractivity contribution in [3.8, 4) is 11.4 Å². The molecule has 1 saturated carbocycles. The minimum Gasteiger partial charge on any atom is -0.360 e. The molecule has 0 aromatic carbocycles. The number of rotatable bonds is 2. The van der Waals surface area contributed by atoms with Crippen LogP contribution in [0.2, 0.25) is 0 Å². The van der Waals surface area contributed by atoms with Gasteiger partial charge in [-0.05, 0) is 25.8 Å². The van der Waals surface area contributed by atoms with E-state index in [1.165, 1.54) is 12.8 Å². The summed E-state index contributed by atoms with van der Waals surface area (Å²) in [5.41, 5.74) is 1.86. The van der Waals surface area contributed by atoms with Gasteiger partial charge in [-0.15, -0.1) is 0 Å². The van der Waals surface area contributed by atoms with Gasteiger partial charge < -0.3 is 4.52 Å². The Labute approximate surface area is 87.3 Å². The van der Waals surface area contributed by atoms with Crippen LogP contribution in [0.1, 0.15) is 30.2 Å². The Balaban J connectivity index is 2.13. The van der Waals surface area contributed by atoms with E-state index in [0.717, 1.165) is 22.8 Å². The van der Waals surface area contributed by atoms with Crippen LogP contribution in [0.25, 0.3) is 11.4 Å². The molecular formula is C11H11N3O. The molecule has 0 spiro atoms. The molecule has 0 N–H and O–H groups in total. The van der Waals surface area contributed by atoms with Crippen LogP contribution in [0, 0.1) is 6.92 Å². The van der Waals surface area contributed by atoms with Gasteiger partial charge in [0.25, 0.3) is 0 Å². The van der Waals surface area contributed by atoms with Crippen molar-refractivity contribution in [2.45, 2.75) is 25.7 Å². The lowest BCUT2D eigenvalue weighted by molar-refractivity contribution is 0.381. The van der Waals surface area contributed by atoms with Crippen molar-refractivity contribution in [2.75, 3.05) is 0 Å².